The van der Waals surface area contributed by atoms with Gasteiger partial charge < -0.3 is 5.32 Å². The molecular weight excluding hydrogens is 349 g/mol. The highest BCUT2D eigenvalue weighted by molar-refractivity contribution is 9.10. The molecule has 0 unspecified atom stereocenters. The maximum absolute atomic E-state index is 13.0. The normalized spacial score (nSPS) is 17.3. The van der Waals surface area contributed by atoms with Gasteiger partial charge >= 0.3 is 6.18 Å². The summed E-state index contributed by atoms with van der Waals surface area (Å²) in [6.45, 7) is 0. The average Bonchev–Trinajstić information content (AvgIpc) is 2.89. The lowest BCUT2D eigenvalue weighted by molar-refractivity contribution is -0.137. The van der Waals surface area contributed by atoms with Gasteiger partial charge in [-0.1, -0.05) is 28.8 Å². The number of benzene rings is 1. The Balaban J connectivity index is 2.32. The molecule has 3 nitrogen and oxygen atoms in total. The molecule has 1 saturated carbocycles. The van der Waals surface area contributed by atoms with Crippen molar-refractivity contribution in [2.75, 3.05) is 5.32 Å². The van der Waals surface area contributed by atoms with E-state index < -0.39 is 23.1 Å². The molecule has 0 saturated heterocycles. The lowest BCUT2D eigenvalue weighted by atomic mass is 9.87. The van der Waals surface area contributed by atoms with Gasteiger partial charge in [-0.15, -0.1) is 0 Å². The highest BCUT2D eigenvalue weighted by Crippen LogP contribution is 2.41. The van der Waals surface area contributed by atoms with Gasteiger partial charge in [-0.3, -0.25) is 4.79 Å². The largest absolute Gasteiger partial charge is 0.418 e. The van der Waals surface area contributed by atoms with Crippen molar-refractivity contribution in [3.63, 3.8) is 0 Å². The molecule has 1 aromatic rings. The van der Waals surface area contributed by atoms with Crippen molar-refractivity contribution in [1.82, 2.24) is 0 Å². The van der Waals surface area contributed by atoms with Crippen molar-refractivity contribution in [1.29, 1.82) is 5.26 Å². The summed E-state index contributed by atoms with van der Waals surface area (Å²) in [7, 11) is 0. The maximum atomic E-state index is 13.0. The number of halogens is 4. The fraction of sp³-hybridized carbons (Fsp3) is 0.429. The highest BCUT2D eigenvalue weighted by atomic mass is 79.9. The molecule has 2 rings (SSSR count). The van der Waals surface area contributed by atoms with E-state index >= 15 is 0 Å². The Morgan fingerprint density at radius 2 is 1.95 bits per heavy atom. The Bertz CT molecular complexity index is 601. The van der Waals surface area contributed by atoms with E-state index in [0.29, 0.717) is 12.8 Å². The molecule has 0 spiro atoms. The molecule has 0 heterocycles. The first-order chi connectivity index (χ1) is 9.78. The van der Waals surface area contributed by atoms with E-state index in [1.807, 2.05) is 6.07 Å². The van der Waals surface area contributed by atoms with Crippen LogP contribution in [0.3, 0.4) is 0 Å². The number of alkyl halides is 3. The number of hydrogen-bond donors (Lipinski definition) is 1. The van der Waals surface area contributed by atoms with Crippen LogP contribution < -0.4 is 5.32 Å². The van der Waals surface area contributed by atoms with Gasteiger partial charge in [-0.25, -0.2) is 0 Å². The third-order valence-corrected chi connectivity index (χ3v) is 4.13. The van der Waals surface area contributed by atoms with Crippen LogP contribution in [-0.2, 0) is 11.0 Å². The summed E-state index contributed by atoms with van der Waals surface area (Å²) in [5, 5.41) is 11.5. The number of nitrogens with one attached hydrogen (secondary N) is 1. The summed E-state index contributed by atoms with van der Waals surface area (Å²) in [5.41, 5.74) is -2.47. The van der Waals surface area contributed by atoms with E-state index in [1.54, 1.807) is 0 Å². The van der Waals surface area contributed by atoms with Crippen molar-refractivity contribution < 1.29 is 18.0 Å². The van der Waals surface area contributed by atoms with Crippen LogP contribution in [0.5, 0.6) is 0 Å². The van der Waals surface area contributed by atoms with E-state index in [9.17, 15) is 23.2 Å². The minimum absolute atomic E-state index is 0.267. The Labute approximate surface area is 128 Å². The van der Waals surface area contributed by atoms with Crippen LogP contribution in [0.25, 0.3) is 0 Å². The number of nitriles is 1. The predicted octanol–water partition coefficient (Wildman–Crippen LogP) is 4.49. The third kappa shape index (κ3) is 3.21. The van der Waals surface area contributed by atoms with Crippen molar-refractivity contribution in [3.05, 3.63) is 28.2 Å². The number of anilines is 1. The molecule has 0 atom stereocenters. The zero-order valence-corrected chi connectivity index (χ0v) is 12.5. The fourth-order valence-electron chi connectivity index (χ4n) is 2.47. The minimum atomic E-state index is -4.58. The van der Waals surface area contributed by atoms with Gasteiger partial charge in [0.15, 0.2) is 0 Å². The smallest absolute Gasteiger partial charge is 0.324 e. The first-order valence-electron chi connectivity index (χ1n) is 6.38. The number of amides is 1. The first-order valence-corrected chi connectivity index (χ1v) is 7.17. The molecule has 1 aliphatic rings. The van der Waals surface area contributed by atoms with Gasteiger partial charge in [0.1, 0.15) is 5.41 Å². The second-order valence-electron chi connectivity index (χ2n) is 5.04. The molecule has 1 fully saturated rings. The van der Waals surface area contributed by atoms with E-state index in [1.165, 1.54) is 12.1 Å². The van der Waals surface area contributed by atoms with Crippen LogP contribution in [-0.4, -0.2) is 5.91 Å². The molecular formula is C14H12BrF3N2O. The average molecular weight is 361 g/mol. The monoisotopic (exact) mass is 360 g/mol. The number of carbonyl (C=O) groups excluding carboxylic acids is 1. The molecule has 1 aromatic carbocycles. The minimum Gasteiger partial charge on any atom is -0.324 e. The standard InChI is InChI=1S/C14H12BrF3N2O/c15-9-3-4-11(10(7-9)14(16,17)18)20-12(21)13(8-19)5-1-2-6-13/h3-4,7H,1-2,5-6H2,(H,20,21). The van der Waals surface area contributed by atoms with Crippen molar-refractivity contribution in [2.45, 2.75) is 31.9 Å². The summed E-state index contributed by atoms with van der Waals surface area (Å²) >= 11 is 2.98. The third-order valence-electron chi connectivity index (χ3n) is 3.64. The molecule has 0 bridgehead atoms. The van der Waals surface area contributed by atoms with Crippen LogP contribution in [0, 0.1) is 16.7 Å². The van der Waals surface area contributed by atoms with Gasteiger partial charge in [-0.05, 0) is 31.0 Å². The van der Waals surface area contributed by atoms with Crippen LogP contribution in [0.2, 0.25) is 0 Å². The van der Waals surface area contributed by atoms with E-state index in [-0.39, 0.29) is 10.2 Å². The Kier molecular flexibility index (Phi) is 4.28. The molecule has 1 N–H and O–H groups in total. The lowest BCUT2D eigenvalue weighted by Crippen LogP contribution is -2.33. The summed E-state index contributed by atoms with van der Waals surface area (Å²) in [4.78, 5) is 12.2. The zero-order valence-electron chi connectivity index (χ0n) is 10.9. The predicted molar refractivity (Wildman–Crippen MR) is 74.3 cm³/mol. The molecule has 0 aromatic heterocycles. The van der Waals surface area contributed by atoms with Crippen LogP contribution in [0.15, 0.2) is 22.7 Å². The Morgan fingerprint density at radius 3 is 2.48 bits per heavy atom. The molecule has 1 aliphatic carbocycles. The summed E-state index contributed by atoms with van der Waals surface area (Å²) in [6.07, 6.45) is -2.36. The van der Waals surface area contributed by atoms with Crippen LogP contribution in [0.4, 0.5) is 18.9 Å². The number of nitrogens with zero attached hydrogens (tertiary/aromatic N) is 1. The molecule has 0 radical (unpaired) electrons. The molecule has 21 heavy (non-hydrogen) atoms. The van der Waals surface area contributed by atoms with Gasteiger partial charge in [0.25, 0.3) is 0 Å². The first kappa shape index (κ1) is 15.8. The maximum Gasteiger partial charge on any atom is 0.418 e. The van der Waals surface area contributed by atoms with Crippen molar-refractivity contribution in [3.8, 4) is 6.07 Å². The van der Waals surface area contributed by atoms with E-state index in [2.05, 4.69) is 21.2 Å². The zero-order chi connectivity index (χ0) is 15.7. The van der Waals surface area contributed by atoms with Gasteiger partial charge in [0, 0.05) is 4.47 Å². The Morgan fingerprint density at radius 1 is 1.33 bits per heavy atom. The second-order valence-corrected chi connectivity index (χ2v) is 5.96. The summed E-state index contributed by atoms with van der Waals surface area (Å²) in [6, 6.07) is 5.47. The molecule has 1 amide bonds. The van der Waals surface area contributed by atoms with Crippen molar-refractivity contribution in [2.24, 2.45) is 5.41 Å². The van der Waals surface area contributed by atoms with Crippen molar-refractivity contribution >= 4 is 27.5 Å². The molecule has 0 aliphatic heterocycles. The molecule has 112 valence electrons. The summed E-state index contributed by atoms with van der Waals surface area (Å²) < 4.78 is 39.3. The van der Waals surface area contributed by atoms with E-state index in [0.717, 1.165) is 18.9 Å². The topological polar surface area (TPSA) is 52.9 Å². The lowest BCUT2D eigenvalue weighted by Gasteiger charge is -2.21. The SMILES string of the molecule is N#CC1(C(=O)Nc2ccc(Br)cc2C(F)(F)F)CCCC1. The van der Waals surface area contributed by atoms with Crippen LogP contribution >= 0.6 is 15.9 Å². The number of carbonyl (C=O) groups is 1. The van der Waals surface area contributed by atoms with Gasteiger partial charge in [0.2, 0.25) is 5.91 Å². The Hall–Kier alpha value is -1.55. The highest BCUT2D eigenvalue weighted by Gasteiger charge is 2.42. The fourth-order valence-corrected chi connectivity index (χ4v) is 2.83. The second kappa shape index (κ2) is 5.68. The van der Waals surface area contributed by atoms with Crippen LogP contribution in [0.1, 0.15) is 31.2 Å². The van der Waals surface area contributed by atoms with E-state index in [4.69, 9.17) is 0 Å². The summed E-state index contributed by atoms with van der Waals surface area (Å²) in [5.74, 6) is -0.657. The number of hydrogen-bond acceptors (Lipinski definition) is 2. The molecule has 7 heteroatoms. The van der Waals surface area contributed by atoms with Gasteiger partial charge in [0.05, 0.1) is 17.3 Å². The quantitative estimate of drug-likeness (QED) is 0.844. The van der Waals surface area contributed by atoms with Gasteiger partial charge in [-0.2, -0.15) is 18.4 Å². The number of rotatable bonds is 2.